The SMILES string of the molecule is CCOc1ccc(Br)cc1/C=C1\SC(=Nc2ccc(C(=O)O)cc2)N(C)C1=O. The number of benzene rings is 2. The molecule has 1 fully saturated rings. The highest BCUT2D eigenvalue weighted by Gasteiger charge is 2.30. The number of carbonyl (C=O) groups is 2. The van der Waals surface area contributed by atoms with Crippen LogP contribution in [0.3, 0.4) is 0 Å². The molecule has 1 N–H and O–H groups in total. The number of amidine groups is 1. The van der Waals surface area contributed by atoms with E-state index in [2.05, 4.69) is 20.9 Å². The van der Waals surface area contributed by atoms with E-state index >= 15 is 0 Å². The van der Waals surface area contributed by atoms with Gasteiger partial charge in [0.2, 0.25) is 0 Å². The Morgan fingerprint density at radius 1 is 1.29 bits per heavy atom. The zero-order valence-electron chi connectivity index (χ0n) is 15.2. The number of hydrogen-bond donors (Lipinski definition) is 1. The molecule has 0 saturated carbocycles. The molecular weight excluding hydrogens is 444 g/mol. The summed E-state index contributed by atoms with van der Waals surface area (Å²) >= 11 is 4.70. The monoisotopic (exact) mass is 460 g/mol. The first-order chi connectivity index (χ1) is 13.4. The van der Waals surface area contributed by atoms with Gasteiger partial charge < -0.3 is 9.84 Å². The average Bonchev–Trinajstić information content (AvgIpc) is 2.92. The Labute approximate surface area is 175 Å². The third kappa shape index (κ3) is 4.45. The van der Waals surface area contributed by atoms with Crippen molar-refractivity contribution in [2.45, 2.75) is 6.92 Å². The molecule has 0 bridgehead atoms. The molecule has 3 rings (SSSR count). The highest BCUT2D eigenvalue weighted by Crippen LogP contribution is 2.35. The van der Waals surface area contributed by atoms with Crippen molar-refractivity contribution in [3.8, 4) is 5.75 Å². The van der Waals surface area contributed by atoms with Gasteiger partial charge in [-0.25, -0.2) is 9.79 Å². The summed E-state index contributed by atoms with van der Waals surface area (Å²) in [4.78, 5) is 30.1. The molecule has 1 heterocycles. The zero-order valence-corrected chi connectivity index (χ0v) is 17.6. The second-order valence-electron chi connectivity index (χ2n) is 5.84. The Morgan fingerprint density at radius 2 is 2.00 bits per heavy atom. The molecule has 2 aromatic rings. The maximum absolute atomic E-state index is 12.6. The third-order valence-corrected chi connectivity index (χ3v) is 5.45. The Kier molecular flexibility index (Phi) is 6.21. The van der Waals surface area contributed by atoms with Gasteiger partial charge in [0.25, 0.3) is 5.91 Å². The number of carbonyl (C=O) groups excluding carboxylic acids is 1. The molecule has 1 amide bonds. The number of carboxylic acid groups (broad SMARTS) is 1. The van der Waals surface area contributed by atoms with Crippen LogP contribution in [-0.4, -0.2) is 40.7 Å². The lowest BCUT2D eigenvalue weighted by Gasteiger charge is -2.08. The van der Waals surface area contributed by atoms with Crippen LogP contribution in [0, 0.1) is 0 Å². The van der Waals surface area contributed by atoms with Gasteiger partial charge in [0, 0.05) is 17.1 Å². The Bertz CT molecular complexity index is 986. The Morgan fingerprint density at radius 3 is 2.64 bits per heavy atom. The number of nitrogens with zero attached hydrogens (tertiary/aromatic N) is 2. The normalized spacial score (nSPS) is 16.8. The summed E-state index contributed by atoms with van der Waals surface area (Å²) in [6.07, 6.45) is 1.79. The predicted octanol–water partition coefficient (Wildman–Crippen LogP) is 4.78. The van der Waals surface area contributed by atoms with Crippen molar-refractivity contribution < 1.29 is 19.4 Å². The molecule has 0 aromatic heterocycles. The van der Waals surface area contributed by atoms with Gasteiger partial charge in [-0.1, -0.05) is 15.9 Å². The maximum Gasteiger partial charge on any atom is 0.335 e. The predicted molar refractivity (Wildman–Crippen MR) is 114 cm³/mol. The molecule has 0 unspecified atom stereocenters. The van der Waals surface area contributed by atoms with Crippen LogP contribution >= 0.6 is 27.7 Å². The van der Waals surface area contributed by atoms with Crippen molar-refractivity contribution in [3.05, 3.63) is 63.0 Å². The summed E-state index contributed by atoms with van der Waals surface area (Å²) in [6.45, 7) is 2.43. The van der Waals surface area contributed by atoms with Crippen molar-refractivity contribution in [1.82, 2.24) is 4.90 Å². The number of rotatable bonds is 5. The molecule has 0 radical (unpaired) electrons. The Hall–Kier alpha value is -2.58. The van der Waals surface area contributed by atoms with Gasteiger partial charge in [-0.2, -0.15) is 0 Å². The molecule has 0 spiro atoms. The van der Waals surface area contributed by atoms with E-state index in [4.69, 9.17) is 9.84 Å². The van der Waals surface area contributed by atoms with Gasteiger partial charge in [-0.05, 0) is 67.2 Å². The van der Waals surface area contributed by atoms with Crippen LogP contribution in [-0.2, 0) is 4.79 Å². The van der Waals surface area contributed by atoms with Crippen LogP contribution in [0.5, 0.6) is 5.75 Å². The van der Waals surface area contributed by atoms with Crippen LogP contribution in [0.25, 0.3) is 6.08 Å². The summed E-state index contributed by atoms with van der Waals surface area (Å²) in [5.74, 6) is -0.455. The fourth-order valence-corrected chi connectivity index (χ4v) is 3.86. The van der Waals surface area contributed by atoms with Crippen molar-refractivity contribution in [2.24, 2.45) is 4.99 Å². The molecule has 2 aromatic carbocycles. The summed E-state index contributed by atoms with van der Waals surface area (Å²) in [6, 6.07) is 11.8. The smallest absolute Gasteiger partial charge is 0.335 e. The molecule has 1 aliphatic rings. The minimum absolute atomic E-state index is 0.159. The van der Waals surface area contributed by atoms with Crippen molar-refractivity contribution in [2.75, 3.05) is 13.7 Å². The number of aliphatic imine (C=N–C) groups is 1. The van der Waals surface area contributed by atoms with Gasteiger partial charge in [-0.15, -0.1) is 0 Å². The fourth-order valence-electron chi connectivity index (χ4n) is 2.50. The van der Waals surface area contributed by atoms with E-state index in [9.17, 15) is 9.59 Å². The molecule has 1 aliphatic heterocycles. The highest BCUT2D eigenvalue weighted by atomic mass is 79.9. The van der Waals surface area contributed by atoms with Gasteiger partial charge in [0.1, 0.15) is 5.75 Å². The summed E-state index contributed by atoms with van der Waals surface area (Å²) in [7, 11) is 1.66. The van der Waals surface area contributed by atoms with Gasteiger partial charge in [-0.3, -0.25) is 9.69 Å². The first-order valence-electron chi connectivity index (χ1n) is 8.41. The van der Waals surface area contributed by atoms with Crippen LogP contribution in [0.2, 0.25) is 0 Å². The van der Waals surface area contributed by atoms with Gasteiger partial charge >= 0.3 is 5.97 Å². The first kappa shape index (κ1) is 20.2. The van der Waals surface area contributed by atoms with E-state index in [0.29, 0.717) is 28.1 Å². The van der Waals surface area contributed by atoms with Crippen LogP contribution < -0.4 is 4.74 Å². The maximum atomic E-state index is 12.6. The molecule has 0 aliphatic carbocycles. The van der Waals surface area contributed by atoms with E-state index in [0.717, 1.165) is 10.0 Å². The summed E-state index contributed by atoms with van der Waals surface area (Å²) in [5, 5.41) is 9.50. The van der Waals surface area contributed by atoms with Gasteiger partial charge in [0.05, 0.1) is 22.8 Å². The van der Waals surface area contributed by atoms with E-state index in [1.54, 1.807) is 25.3 Å². The number of amides is 1. The quantitative estimate of drug-likeness (QED) is 0.649. The number of hydrogen-bond acceptors (Lipinski definition) is 5. The number of carboxylic acids is 1. The number of thioether (sulfide) groups is 1. The number of aromatic carboxylic acids is 1. The summed E-state index contributed by atoms with van der Waals surface area (Å²) < 4.78 is 6.53. The molecule has 6 nitrogen and oxygen atoms in total. The van der Waals surface area contributed by atoms with E-state index < -0.39 is 5.97 Å². The number of likely N-dealkylation sites (N-methyl/N-ethyl adjacent to an activating group) is 1. The lowest BCUT2D eigenvalue weighted by molar-refractivity contribution is -0.121. The average molecular weight is 461 g/mol. The van der Waals surface area contributed by atoms with E-state index in [-0.39, 0.29) is 11.5 Å². The summed E-state index contributed by atoms with van der Waals surface area (Å²) in [5.41, 5.74) is 1.56. The third-order valence-electron chi connectivity index (χ3n) is 3.90. The minimum atomic E-state index is -0.994. The lowest BCUT2D eigenvalue weighted by atomic mass is 10.2. The zero-order chi connectivity index (χ0) is 20.3. The lowest BCUT2D eigenvalue weighted by Crippen LogP contribution is -2.23. The molecule has 28 heavy (non-hydrogen) atoms. The minimum Gasteiger partial charge on any atom is -0.493 e. The molecular formula is C20H17BrN2O4S. The topological polar surface area (TPSA) is 79.2 Å². The standard InChI is InChI=1S/C20H17BrN2O4S/c1-3-27-16-9-6-14(21)10-13(16)11-17-18(24)23(2)20(28-17)22-15-7-4-12(5-8-15)19(25)26/h4-11H,3H2,1-2H3,(H,25,26)/b17-11-,22-20?. The van der Waals surface area contributed by atoms with Crippen molar-refractivity contribution in [1.29, 1.82) is 0 Å². The second kappa shape index (κ2) is 8.62. The van der Waals surface area contributed by atoms with E-state index in [1.807, 2.05) is 25.1 Å². The van der Waals surface area contributed by atoms with Gasteiger partial charge in [0.15, 0.2) is 5.17 Å². The van der Waals surface area contributed by atoms with Crippen LogP contribution in [0.4, 0.5) is 5.69 Å². The number of ether oxygens (including phenoxy) is 1. The largest absolute Gasteiger partial charge is 0.493 e. The molecule has 0 atom stereocenters. The van der Waals surface area contributed by atoms with Crippen molar-refractivity contribution >= 4 is 56.5 Å². The fraction of sp³-hybridized carbons (Fsp3) is 0.150. The van der Waals surface area contributed by atoms with E-state index in [1.165, 1.54) is 28.8 Å². The molecule has 8 heteroatoms. The first-order valence-corrected chi connectivity index (χ1v) is 10.0. The van der Waals surface area contributed by atoms with Crippen LogP contribution in [0.1, 0.15) is 22.8 Å². The number of halogens is 1. The highest BCUT2D eigenvalue weighted by molar-refractivity contribution is 9.10. The molecule has 144 valence electrons. The second-order valence-corrected chi connectivity index (χ2v) is 7.76. The molecule has 1 saturated heterocycles. The Balaban J connectivity index is 1.90. The van der Waals surface area contributed by atoms with Crippen LogP contribution in [0.15, 0.2) is 56.8 Å². The van der Waals surface area contributed by atoms with Crippen molar-refractivity contribution in [3.63, 3.8) is 0 Å².